The summed E-state index contributed by atoms with van der Waals surface area (Å²) in [6.07, 6.45) is 2.00. The van der Waals surface area contributed by atoms with Gasteiger partial charge in [0, 0.05) is 15.7 Å². The van der Waals surface area contributed by atoms with Crippen LogP contribution in [0.1, 0.15) is 37.9 Å². The first-order valence-corrected chi connectivity index (χ1v) is 11.2. The molecule has 2 aliphatic rings. The number of fused-ring (bicyclic) bond motifs is 2. The van der Waals surface area contributed by atoms with E-state index in [1.165, 1.54) is 0 Å². The molecule has 0 aliphatic carbocycles. The Hall–Kier alpha value is -3.94. The molecule has 1 N–H and O–H groups in total. The summed E-state index contributed by atoms with van der Waals surface area (Å²) in [5.41, 5.74) is 3.28. The maximum Gasteiger partial charge on any atom is 0.268 e. The van der Waals surface area contributed by atoms with Crippen LogP contribution in [0.2, 0.25) is 10.0 Å². The van der Waals surface area contributed by atoms with Gasteiger partial charge in [0.2, 0.25) is 5.95 Å². The zero-order valence-electron chi connectivity index (χ0n) is 17.4. The Morgan fingerprint density at radius 3 is 2.00 bits per heavy atom. The van der Waals surface area contributed by atoms with Gasteiger partial charge in [0.15, 0.2) is 0 Å². The van der Waals surface area contributed by atoms with Crippen molar-refractivity contribution >= 4 is 52.6 Å². The summed E-state index contributed by atoms with van der Waals surface area (Å²) in [7, 11) is 0. The van der Waals surface area contributed by atoms with Crippen LogP contribution in [0.15, 0.2) is 78.9 Å². The summed E-state index contributed by atoms with van der Waals surface area (Å²) in [4.78, 5) is 31.5. The van der Waals surface area contributed by atoms with E-state index in [1.807, 2.05) is 30.3 Å². The molecule has 0 fully saturated rings. The third-order valence-corrected chi connectivity index (χ3v) is 6.32. The maximum atomic E-state index is 13.0. The Morgan fingerprint density at radius 1 is 0.794 bits per heavy atom. The van der Waals surface area contributed by atoms with Gasteiger partial charge in [0.1, 0.15) is 6.04 Å². The molecule has 4 aromatic rings. The molecule has 9 heteroatoms. The van der Waals surface area contributed by atoms with Crippen LogP contribution < -0.4 is 10.2 Å². The Bertz CT molecular complexity index is 1460. The van der Waals surface area contributed by atoms with E-state index < -0.39 is 11.8 Å². The minimum atomic E-state index is -0.447. The average molecular weight is 488 g/mol. The van der Waals surface area contributed by atoms with Gasteiger partial charge < -0.3 is 5.32 Å². The van der Waals surface area contributed by atoms with Crippen molar-refractivity contribution in [1.29, 1.82) is 0 Å². The van der Waals surface area contributed by atoms with Crippen LogP contribution in [-0.2, 0) is 0 Å². The van der Waals surface area contributed by atoms with E-state index in [2.05, 4.69) is 15.4 Å². The lowest BCUT2D eigenvalue weighted by molar-refractivity contribution is 0.0924. The van der Waals surface area contributed by atoms with Crippen molar-refractivity contribution in [3.05, 3.63) is 111 Å². The minimum Gasteiger partial charge on any atom is -0.324 e. The molecule has 0 saturated heterocycles. The molecule has 2 aliphatic heterocycles. The number of aromatic nitrogens is 3. The highest BCUT2D eigenvalue weighted by Gasteiger charge is 2.40. The highest BCUT2D eigenvalue weighted by molar-refractivity contribution is 6.34. The first-order chi connectivity index (χ1) is 16.5. The van der Waals surface area contributed by atoms with Crippen molar-refractivity contribution in [2.24, 2.45) is 0 Å². The molecule has 1 atom stereocenters. The van der Waals surface area contributed by atoms with Crippen molar-refractivity contribution in [3.8, 4) is 0 Å². The minimum absolute atomic E-state index is 0.0124. The number of halogens is 2. The van der Waals surface area contributed by atoms with Crippen molar-refractivity contribution in [1.82, 2.24) is 14.8 Å². The summed E-state index contributed by atoms with van der Waals surface area (Å²) in [6.45, 7) is 0. The van der Waals surface area contributed by atoms with Gasteiger partial charge in [0.05, 0.1) is 11.1 Å². The summed E-state index contributed by atoms with van der Waals surface area (Å²) in [5.74, 6) is -0.479. The van der Waals surface area contributed by atoms with Crippen LogP contribution in [0.5, 0.6) is 0 Å². The lowest BCUT2D eigenvalue weighted by atomic mass is 10.0. The zero-order valence-corrected chi connectivity index (χ0v) is 19.0. The molecule has 0 saturated carbocycles. The zero-order chi connectivity index (χ0) is 23.4. The van der Waals surface area contributed by atoms with Crippen LogP contribution in [0, 0.1) is 0 Å². The molecule has 34 heavy (non-hydrogen) atoms. The number of nitrogens with zero attached hydrogens (tertiary/aromatic N) is 4. The molecule has 1 aromatic heterocycles. The van der Waals surface area contributed by atoms with Crippen LogP contribution in [0.3, 0.4) is 0 Å². The highest BCUT2D eigenvalue weighted by atomic mass is 35.5. The summed E-state index contributed by atoms with van der Waals surface area (Å²) >= 11 is 12.2. The second-order valence-corrected chi connectivity index (χ2v) is 8.75. The number of anilines is 2. The standard InChI is InChI=1S/C25H15Cl2N5O2/c26-16-9-5-14(6-10-16)20-13-21(15-7-11-17(27)12-8-15)32-24(28-20)29-25(30-32)31-22(33)18-3-1-2-4-19(18)23(31)34/h1-13,21H,(H,28,29,30)/t21-/m0/s1. The Balaban J connectivity index is 1.45. The number of hydrogen-bond acceptors (Lipinski definition) is 5. The Kier molecular flexibility index (Phi) is 4.76. The Morgan fingerprint density at radius 2 is 1.38 bits per heavy atom. The number of amides is 2. The van der Waals surface area contributed by atoms with E-state index in [0.29, 0.717) is 27.1 Å². The second kappa shape index (κ2) is 7.83. The molecule has 0 bridgehead atoms. The summed E-state index contributed by atoms with van der Waals surface area (Å²) < 4.78 is 1.65. The monoisotopic (exact) mass is 487 g/mol. The molecule has 2 amide bonds. The van der Waals surface area contributed by atoms with Crippen LogP contribution in [-0.4, -0.2) is 26.6 Å². The van der Waals surface area contributed by atoms with Gasteiger partial charge in [-0.2, -0.15) is 4.98 Å². The fourth-order valence-corrected chi connectivity index (χ4v) is 4.39. The lowest BCUT2D eigenvalue weighted by Gasteiger charge is -2.24. The van der Waals surface area contributed by atoms with Crippen molar-refractivity contribution in [2.75, 3.05) is 10.2 Å². The number of rotatable bonds is 3. The highest BCUT2D eigenvalue weighted by Crippen LogP contribution is 2.36. The normalized spacial score (nSPS) is 16.7. The number of hydrogen-bond donors (Lipinski definition) is 1. The molecule has 166 valence electrons. The van der Waals surface area contributed by atoms with E-state index in [9.17, 15) is 9.59 Å². The smallest absolute Gasteiger partial charge is 0.268 e. The molecular formula is C25H15Cl2N5O2. The molecule has 3 aromatic carbocycles. The largest absolute Gasteiger partial charge is 0.324 e. The van der Waals surface area contributed by atoms with E-state index in [0.717, 1.165) is 21.7 Å². The Labute approximate surface area is 204 Å². The fourth-order valence-electron chi connectivity index (χ4n) is 4.14. The van der Waals surface area contributed by atoms with Gasteiger partial charge in [-0.1, -0.05) is 59.6 Å². The quantitative estimate of drug-likeness (QED) is 0.389. The van der Waals surface area contributed by atoms with Gasteiger partial charge in [-0.3, -0.25) is 9.59 Å². The lowest BCUT2D eigenvalue weighted by Crippen LogP contribution is -2.30. The van der Waals surface area contributed by atoms with Gasteiger partial charge >= 0.3 is 0 Å². The van der Waals surface area contributed by atoms with Crippen LogP contribution >= 0.6 is 23.2 Å². The van der Waals surface area contributed by atoms with E-state index in [1.54, 1.807) is 53.2 Å². The number of benzene rings is 3. The maximum absolute atomic E-state index is 13.0. The topological polar surface area (TPSA) is 80.1 Å². The molecule has 6 rings (SSSR count). The molecule has 0 unspecified atom stereocenters. The van der Waals surface area contributed by atoms with E-state index in [-0.39, 0.29) is 12.0 Å². The van der Waals surface area contributed by atoms with Gasteiger partial charge in [-0.05, 0) is 53.6 Å². The predicted molar refractivity (Wildman–Crippen MR) is 130 cm³/mol. The predicted octanol–water partition coefficient (Wildman–Crippen LogP) is 5.44. The van der Waals surface area contributed by atoms with E-state index >= 15 is 0 Å². The molecule has 0 spiro atoms. The average Bonchev–Trinajstić information content (AvgIpc) is 3.38. The molecular weight excluding hydrogens is 473 g/mol. The molecule has 3 heterocycles. The van der Waals surface area contributed by atoms with Crippen LogP contribution in [0.4, 0.5) is 11.9 Å². The van der Waals surface area contributed by atoms with Crippen molar-refractivity contribution < 1.29 is 9.59 Å². The summed E-state index contributed by atoms with van der Waals surface area (Å²) in [5, 5.41) is 9.08. The fraction of sp³-hybridized carbons (Fsp3) is 0.0400. The van der Waals surface area contributed by atoms with Crippen molar-refractivity contribution in [2.45, 2.75) is 6.04 Å². The second-order valence-electron chi connectivity index (χ2n) is 7.88. The van der Waals surface area contributed by atoms with Crippen LogP contribution in [0.25, 0.3) is 5.70 Å². The first kappa shape index (κ1) is 20.7. The van der Waals surface area contributed by atoms with E-state index in [4.69, 9.17) is 23.2 Å². The third-order valence-electron chi connectivity index (χ3n) is 5.82. The summed E-state index contributed by atoms with van der Waals surface area (Å²) in [6, 6.07) is 21.2. The molecule has 7 nitrogen and oxygen atoms in total. The molecule has 0 radical (unpaired) electrons. The van der Waals surface area contributed by atoms with Gasteiger partial charge in [0.25, 0.3) is 17.8 Å². The number of carbonyl (C=O) groups excluding carboxylic acids is 2. The van der Waals surface area contributed by atoms with Gasteiger partial charge in [-0.15, -0.1) is 5.10 Å². The van der Waals surface area contributed by atoms with Gasteiger partial charge in [-0.25, -0.2) is 9.58 Å². The SMILES string of the molecule is O=C1c2ccccc2C(=O)N1c1nc2n(n1)[C@H](c1ccc(Cl)cc1)C=C(c1ccc(Cl)cc1)N2. The number of imide groups is 1. The number of carbonyl (C=O) groups is 2. The first-order valence-electron chi connectivity index (χ1n) is 10.4. The number of nitrogens with one attached hydrogen (secondary N) is 1. The third kappa shape index (κ3) is 3.29. The van der Waals surface area contributed by atoms with Crippen molar-refractivity contribution in [3.63, 3.8) is 0 Å². The number of allylic oxidation sites excluding steroid dienone is 1.